The summed E-state index contributed by atoms with van der Waals surface area (Å²) in [4.78, 5) is 27.2. The van der Waals surface area contributed by atoms with Crippen LogP contribution in [0.25, 0.3) is 0 Å². The Kier molecular flexibility index (Phi) is 6.70. The number of anilines is 1. The molecule has 2 heterocycles. The van der Waals surface area contributed by atoms with Gasteiger partial charge in [-0.05, 0) is 37.1 Å². The molecule has 1 aliphatic rings. The first-order valence-electron chi connectivity index (χ1n) is 10.5. The molecule has 2 amide bonds. The highest BCUT2D eigenvalue weighted by atomic mass is 32.2. The number of aromatic nitrogens is 3. The van der Waals surface area contributed by atoms with E-state index in [1.807, 2.05) is 52.8 Å². The van der Waals surface area contributed by atoms with Gasteiger partial charge in [0.15, 0.2) is 11.0 Å². The van der Waals surface area contributed by atoms with Gasteiger partial charge in [0.1, 0.15) is 0 Å². The van der Waals surface area contributed by atoms with Crippen LogP contribution in [0, 0.1) is 0 Å². The zero-order chi connectivity index (χ0) is 22.5. The topological polar surface area (TPSA) is 80.1 Å². The molecule has 8 heteroatoms. The predicted octanol–water partition coefficient (Wildman–Crippen LogP) is 3.64. The summed E-state index contributed by atoms with van der Waals surface area (Å²) in [5, 5.41) is 12.2. The Morgan fingerprint density at radius 1 is 1.16 bits per heavy atom. The lowest BCUT2D eigenvalue weighted by Gasteiger charge is -2.17. The van der Waals surface area contributed by atoms with Crippen LogP contribution in [0.1, 0.15) is 34.7 Å². The van der Waals surface area contributed by atoms with Gasteiger partial charge in [0.2, 0.25) is 5.91 Å². The van der Waals surface area contributed by atoms with Gasteiger partial charge in [-0.3, -0.25) is 9.59 Å². The molecular weight excluding hydrogens is 422 g/mol. The highest BCUT2D eigenvalue weighted by Crippen LogP contribution is 2.29. The zero-order valence-corrected chi connectivity index (χ0v) is 18.7. The number of hydrogen-bond donors (Lipinski definition) is 1. The van der Waals surface area contributed by atoms with Gasteiger partial charge < -0.3 is 14.8 Å². The van der Waals surface area contributed by atoms with E-state index >= 15 is 0 Å². The molecule has 1 aliphatic heterocycles. The van der Waals surface area contributed by atoms with Gasteiger partial charge in [-0.15, -0.1) is 16.8 Å². The van der Waals surface area contributed by atoms with Crippen LogP contribution < -0.4 is 10.2 Å². The van der Waals surface area contributed by atoms with Crippen molar-refractivity contribution >= 4 is 29.3 Å². The maximum Gasteiger partial charge on any atom is 0.251 e. The number of allylic oxidation sites excluding steroid dienone is 1. The van der Waals surface area contributed by atoms with Crippen LogP contribution in [0.15, 0.2) is 72.4 Å². The molecule has 0 saturated heterocycles. The maximum absolute atomic E-state index is 12.9. The fraction of sp³-hybridized carbons (Fsp3) is 0.250. The van der Waals surface area contributed by atoms with Crippen molar-refractivity contribution in [3.8, 4) is 0 Å². The molecule has 0 saturated carbocycles. The summed E-state index contributed by atoms with van der Waals surface area (Å²) < 4.78 is 1.89. The molecule has 7 nitrogen and oxygen atoms in total. The van der Waals surface area contributed by atoms with Crippen LogP contribution in [-0.2, 0) is 17.8 Å². The highest BCUT2D eigenvalue weighted by molar-refractivity contribution is 7.99. The largest absolute Gasteiger partial charge is 0.342 e. The summed E-state index contributed by atoms with van der Waals surface area (Å²) in [5.74, 6) is 0.744. The van der Waals surface area contributed by atoms with Gasteiger partial charge in [-0.25, -0.2) is 0 Å². The molecule has 32 heavy (non-hydrogen) atoms. The smallest absolute Gasteiger partial charge is 0.251 e. The van der Waals surface area contributed by atoms with Crippen molar-refractivity contribution in [3.05, 3.63) is 84.2 Å². The zero-order valence-electron chi connectivity index (χ0n) is 17.9. The molecule has 0 unspecified atom stereocenters. The lowest BCUT2D eigenvalue weighted by molar-refractivity contribution is -0.116. The van der Waals surface area contributed by atoms with Crippen LogP contribution in [0.2, 0.25) is 0 Å². The SMILES string of the molecule is C=CCn1c(SCC(=O)N2CCc3ccccc32)nnc1[C@@H](C)NC(=O)c1ccccc1. The number of thioether (sulfide) groups is 1. The molecule has 0 spiro atoms. The third kappa shape index (κ3) is 4.60. The molecule has 3 aromatic rings. The first-order chi connectivity index (χ1) is 15.6. The van der Waals surface area contributed by atoms with Gasteiger partial charge in [0.25, 0.3) is 5.91 Å². The number of para-hydroxylation sites is 1. The van der Waals surface area contributed by atoms with Crippen molar-refractivity contribution in [2.75, 3.05) is 17.2 Å². The summed E-state index contributed by atoms with van der Waals surface area (Å²) >= 11 is 1.35. The number of nitrogens with one attached hydrogen (secondary N) is 1. The van der Waals surface area contributed by atoms with E-state index in [9.17, 15) is 9.59 Å². The lowest BCUT2D eigenvalue weighted by atomic mass is 10.2. The van der Waals surface area contributed by atoms with Crippen LogP contribution in [0.5, 0.6) is 0 Å². The monoisotopic (exact) mass is 447 g/mol. The number of benzene rings is 2. The number of amides is 2. The first kappa shape index (κ1) is 21.8. The summed E-state index contributed by atoms with van der Waals surface area (Å²) in [6, 6.07) is 16.7. The van der Waals surface area contributed by atoms with E-state index in [0.29, 0.717) is 29.6 Å². The van der Waals surface area contributed by atoms with Crippen LogP contribution in [-0.4, -0.2) is 38.9 Å². The summed E-state index contributed by atoms with van der Waals surface area (Å²) in [5.41, 5.74) is 2.77. The van der Waals surface area contributed by atoms with E-state index in [-0.39, 0.29) is 23.6 Å². The lowest BCUT2D eigenvalue weighted by Crippen LogP contribution is -2.30. The molecule has 4 rings (SSSR count). The second-order valence-corrected chi connectivity index (χ2v) is 8.46. The van der Waals surface area contributed by atoms with E-state index in [0.717, 1.165) is 12.1 Å². The van der Waals surface area contributed by atoms with Crippen molar-refractivity contribution in [1.29, 1.82) is 0 Å². The molecule has 164 valence electrons. The molecule has 2 aromatic carbocycles. The second-order valence-electron chi connectivity index (χ2n) is 7.51. The Labute approximate surface area is 191 Å². The summed E-state index contributed by atoms with van der Waals surface area (Å²) in [7, 11) is 0. The molecule has 0 aliphatic carbocycles. The third-order valence-corrected chi connectivity index (χ3v) is 6.29. The molecule has 1 N–H and O–H groups in total. The van der Waals surface area contributed by atoms with Crippen molar-refractivity contribution in [1.82, 2.24) is 20.1 Å². The van der Waals surface area contributed by atoms with Gasteiger partial charge >= 0.3 is 0 Å². The van der Waals surface area contributed by atoms with E-state index in [1.54, 1.807) is 18.2 Å². The number of fused-ring (bicyclic) bond motifs is 1. The minimum atomic E-state index is -0.356. The molecule has 0 fully saturated rings. The van der Waals surface area contributed by atoms with Gasteiger partial charge in [0, 0.05) is 24.3 Å². The van der Waals surface area contributed by atoms with Gasteiger partial charge in [-0.1, -0.05) is 54.2 Å². The van der Waals surface area contributed by atoms with Crippen molar-refractivity contribution < 1.29 is 9.59 Å². The standard InChI is InChI=1S/C24H25N5O2S/c1-3-14-29-22(17(2)25-23(31)19-10-5-4-6-11-19)26-27-24(29)32-16-21(30)28-15-13-18-9-7-8-12-20(18)28/h3-12,17H,1,13-16H2,2H3,(H,25,31)/t17-/m1/s1. The Bertz CT molecular complexity index is 1130. The number of carbonyl (C=O) groups excluding carboxylic acids is 2. The molecule has 1 aromatic heterocycles. The van der Waals surface area contributed by atoms with Crippen LogP contribution in [0.3, 0.4) is 0 Å². The summed E-state index contributed by atoms with van der Waals surface area (Å²) in [6.07, 6.45) is 2.63. The first-order valence-corrected chi connectivity index (χ1v) is 11.5. The van der Waals surface area contributed by atoms with E-state index in [2.05, 4.69) is 28.2 Å². The quantitative estimate of drug-likeness (QED) is 0.421. The van der Waals surface area contributed by atoms with Crippen molar-refractivity contribution in [2.24, 2.45) is 0 Å². The van der Waals surface area contributed by atoms with Crippen LogP contribution >= 0.6 is 11.8 Å². The van der Waals surface area contributed by atoms with Gasteiger partial charge in [0.05, 0.1) is 11.8 Å². The average molecular weight is 448 g/mol. The summed E-state index contributed by atoms with van der Waals surface area (Å²) in [6.45, 7) is 6.87. The highest BCUT2D eigenvalue weighted by Gasteiger charge is 2.25. The van der Waals surface area contributed by atoms with Crippen molar-refractivity contribution in [2.45, 2.75) is 31.1 Å². The number of rotatable bonds is 8. The number of carbonyl (C=O) groups is 2. The van der Waals surface area contributed by atoms with E-state index in [4.69, 9.17) is 0 Å². The molecule has 0 bridgehead atoms. The van der Waals surface area contributed by atoms with E-state index < -0.39 is 0 Å². The maximum atomic E-state index is 12.9. The average Bonchev–Trinajstić information content (AvgIpc) is 3.42. The van der Waals surface area contributed by atoms with Gasteiger partial charge in [-0.2, -0.15) is 0 Å². The second kappa shape index (κ2) is 9.82. The Morgan fingerprint density at radius 3 is 2.69 bits per heavy atom. The Hall–Kier alpha value is -3.39. The third-order valence-electron chi connectivity index (χ3n) is 5.34. The predicted molar refractivity (Wildman–Crippen MR) is 126 cm³/mol. The molecule has 0 radical (unpaired) electrons. The van der Waals surface area contributed by atoms with Crippen molar-refractivity contribution in [3.63, 3.8) is 0 Å². The van der Waals surface area contributed by atoms with Crippen LogP contribution in [0.4, 0.5) is 5.69 Å². The molecular formula is C24H25N5O2S. The van der Waals surface area contributed by atoms with E-state index in [1.165, 1.54) is 17.3 Å². The Balaban J connectivity index is 1.44. The minimum Gasteiger partial charge on any atom is -0.342 e. The number of hydrogen-bond acceptors (Lipinski definition) is 5. The molecule has 1 atom stereocenters. The number of nitrogens with zero attached hydrogens (tertiary/aromatic N) is 4. The fourth-order valence-corrected chi connectivity index (χ4v) is 4.59. The fourth-order valence-electron chi connectivity index (χ4n) is 3.76. The minimum absolute atomic E-state index is 0.0417. The normalized spacial score (nSPS) is 13.5. The Morgan fingerprint density at radius 2 is 1.91 bits per heavy atom.